The molecule has 2 nitrogen and oxygen atoms in total. The highest BCUT2D eigenvalue weighted by Crippen LogP contribution is 2.39. The molecule has 0 spiro atoms. The van der Waals surface area contributed by atoms with Gasteiger partial charge in [0.2, 0.25) is 0 Å². The number of hydrogen-bond donors (Lipinski definition) is 0. The fourth-order valence-corrected chi connectivity index (χ4v) is 2.98. The second-order valence-corrected chi connectivity index (χ2v) is 5.89. The minimum absolute atomic E-state index is 0.0694. The molecule has 0 amide bonds. The van der Waals surface area contributed by atoms with Gasteiger partial charge in [0.15, 0.2) is 11.9 Å². The highest BCUT2D eigenvalue weighted by molar-refractivity contribution is 6.14. The van der Waals surface area contributed by atoms with Crippen LogP contribution in [0.4, 0.5) is 4.39 Å². The van der Waals surface area contributed by atoms with E-state index in [1.807, 2.05) is 42.5 Å². The number of carbonyl (C=O) groups excluding carboxylic acids is 1. The second kappa shape index (κ2) is 6.36. The zero-order chi connectivity index (χ0) is 17.2. The van der Waals surface area contributed by atoms with Crippen molar-refractivity contribution in [1.29, 1.82) is 0 Å². The maximum Gasteiger partial charge on any atom is 0.196 e. The van der Waals surface area contributed by atoms with Gasteiger partial charge < -0.3 is 4.74 Å². The Bertz CT molecular complexity index is 943. The van der Waals surface area contributed by atoms with Crippen LogP contribution in [0.15, 0.2) is 84.4 Å². The average Bonchev–Trinajstić information content (AvgIpc) is 2.66. The van der Waals surface area contributed by atoms with Crippen LogP contribution in [0, 0.1) is 5.82 Å². The van der Waals surface area contributed by atoms with Gasteiger partial charge in [0.05, 0.1) is 5.56 Å². The molecule has 0 aromatic heterocycles. The van der Waals surface area contributed by atoms with Gasteiger partial charge in [0.25, 0.3) is 0 Å². The Hall–Kier alpha value is -3.20. The number of hydrogen-bond acceptors (Lipinski definition) is 2. The number of rotatable bonds is 2. The lowest BCUT2D eigenvalue weighted by Gasteiger charge is -2.28. The Morgan fingerprint density at radius 2 is 1.52 bits per heavy atom. The van der Waals surface area contributed by atoms with Gasteiger partial charge in [0.1, 0.15) is 11.6 Å². The molecule has 0 radical (unpaired) electrons. The van der Waals surface area contributed by atoms with Gasteiger partial charge in [-0.05, 0) is 41.5 Å². The van der Waals surface area contributed by atoms with E-state index in [0.29, 0.717) is 16.9 Å². The van der Waals surface area contributed by atoms with Crippen LogP contribution in [-0.2, 0) is 0 Å². The number of Topliss-reactive ketones (excluding diaryl/α,β-unsaturated/α-hetero) is 1. The van der Waals surface area contributed by atoms with Crippen molar-refractivity contribution in [3.05, 3.63) is 107 Å². The molecule has 1 aliphatic heterocycles. The van der Waals surface area contributed by atoms with E-state index in [2.05, 4.69) is 0 Å². The van der Waals surface area contributed by atoms with Gasteiger partial charge >= 0.3 is 0 Å². The first-order valence-electron chi connectivity index (χ1n) is 8.05. The number of halogens is 1. The summed E-state index contributed by atoms with van der Waals surface area (Å²) in [7, 11) is 0. The molecular weight excluding hydrogens is 315 g/mol. The fraction of sp³-hybridized carbons (Fsp3) is 0.0455. The fourth-order valence-electron chi connectivity index (χ4n) is 2.98. The Morgan fingerprint density at radius 3 is 2.28 bits per heavy atom. The van der Waals surface area contributed by atoms with Crippen LogP contribution < -0.4 is 4.74 Å². The van der Waals surface area contributed by atoms with Crippen molar-refractivity contribution in [3.63, 3.8) is 0 Å². The molecule has 3 aromatic carbocycles. The molecule has 0 fully saturated rings. The summed E-state index contributed by atoms with van der Waals surface area (Å²) in [5.41, 5.74) is 2.74. The first-order chi connectivity index (χ1) is 12.2. The van der Waals surface area contributed by atoms with E-state index in [0.717, 1.165) is 11.1 Å². The van der Waals surface area contributed by atoms with Crippen LogP contribution in [-0.4, -0.2) is 5.78 Å². The number of ketones is 1. The third-order valence-electron chi connectivity index (χ3n) is 4.22. The summed E-state index contributed by atoms with van der Waals surface area (Å²) in [5.74, 6) is 0.205. The Kier molecular flexibility index (Phi) is 3.90. The molecule has 0 saturated heterocycles. The van der Waals surface area contributed by atoms with E-state index in [1.54, 1.807) is 30.3 Å². The smallest absolute Gasteiger partial charge is 0.196 e. The summed E-state index contributed by atoms with van der Waals surface area (Å²) in [6.07, 6.45) is 1.28. The second-order valence-electron chi connectivity index (χ2n) is 5.89. The number of carbonyl (C=O) groups is 1. The minimum Gasteiger partial charge on any atom is -0.480 e. The number of para-hydroxylation sites is 1. The molecule has 3 heteroatoms. The molecule has 1 heterocycles. The zero-order valence-corrected chi connectivity index (χ0v) is 13.4. The van der Waals surface area contributed by atoms with Crippen molar-refractivity contribution in [1.82, 2.24) is 0 Å². The number of fused-ring (bicyclic) bond motifs is 1. The summed E-state index contributed by atoms with van der Waals surface area (Å²) < 4.78 is 19.3. The summed E-state index contributed by atoms with van der Waals surface area (Å²) >= 11 is 0. The molecular formula is C22H15FO2. The van der Waals surface area contributed by atoms with Crippen LogP contribution in [0.1, 0.15) is 27.6 Å². The molecule has 0 aliphatic carbocycles. The van der Waals surface area contributed by atoms with Gasteiger partial charge in [-0.25, -0.2) is 4.39 Å². The molecule has 1 atom stereocenters. The van der Waals surface area contributed by atoms with Crippen molar-refractivity contribution in [2.45, 2.75) is 6.10 Å². The largest absolute Gasteiger partial charge is 0.480 e. The predicted octanol–water partition coefficient (Wildman–Crippen LogP) is 5.23. The highest BCUT2D eigenvalue weighted by atomic mass is 19.1. The molecule has 0 saturated carbocycles. The van der Waals surface area contributed by atoms with Crippen molar-refractivity contribution in [3.8, 4) is 5.75 Å². The average molecular weight is 330 g/mol. The van der Waals surface area contributed by atoms with E-state index in [1.165, 1.54) is 12.1 Å². The summed E-state index contributed by atoms with van der Waals surface area (Å²) in [4.78, 5) is 13.0. The third-order valence-corrected chi connectivity index (χ3v) is 4.22. The normalized spacial score (nSPS) is 17.9. The molecule has 25 heavy (non-hydrogen) atoms. The van der Waals surface area contributed by atoms with Crippen LogP contribution in [0.5, 0.6) is 5.75 Å². The monoisotopic (exact) mass is 330 g/mol. The van der Waals surface area contributed by atoms with Gasteiger partial charge in [-0.3, -0.25) is 4.79 Å². The van der Waals surface area contributed by atoms with E-state index in [4.69, 9.17) is 4.74 Å². The Balaban J connectivity index is 1.85. The van der Waals surface area contributed by atoms with E-state index in [-0.39, 0.29) is 11.6 Å². The standard InChI is InChI=1S/C22H15FO2/c23-17-12-10-15(11-13-17)14-19-21(24)18-8-4-5-9-20(18)25-22(19)16-6-2-1-3-7-16/h1-14,22H/b19-14-/t22-/m1/s1. The third kappa shape index (κ3) is 2.96. The summed E-state index contributed by atoms with van der Waals surface area (Å²) in [5, 5.41) is 0. The topological polar surface area (TPSA) is 26.3 Å². The van der Waals surface area contributed by atoms with Crippen LogP contribution in [0.2, 0.25) is 0 Å². The van der Waals surface area contributed by atoms with Crippen molar-refractivity contribution in [2.24, 2.45) is 0 Å². The first kappa shape index (κ1) is 15.3. The van der Waals surface area contributed by atoms with Gasteiger partial charge in [-0.2, -0.15) is 0 Å². The molecule has 0 bridgehead atoms. The van der Waals surface area contributed by atoms with Gasteiger partial charge in [-0.15, -0.1) is 0 Å². The maximum absolute atomic E-state index is 13.2. The summed E-state index contributed by atoms with van der Waals surface area (Å²) in [6, 6.07) is 22.9. The van der Waals surface area contributed by atoms with E-state index >= 15 is 0 Å². The number of benzene rings is 3. The Morgan fingerprint density at radius 1 is 0.840 bits per heavy atom. The SMILES string of the molecule is O=C1/C(=C/c2ccc(F)cc2)[C@@H](c2ccccc2)Oc2ccccc21. The van der Waals surface area contributed by atoms with Crippen molar-refractivity contribution < 1.29 is 13.9 Å². The van der Waals surface area contributed by atoms with Crippen LogP contribution >= 0.6 is 0 Å². The van der Waals surface area contributed by atoms with Crippen molar-refractivity contribution in [2.75, 3.05) is 0 Å². The van der Waals surface area contributed by atoms with Crippen molar-refractivity contribution >= 4 is 11.9 Å². The zero-order valence-electron chi connectivity index (χ0n) is 13.4. The lowest BCUT2D eigenvalue weighted by Crippen LogP contribution is -2.23. The van der Waals surface area contributed by atoms with Gasteiger partial charge in [0, 0.05) is 5.57 Å². The molecule has 122 valence electrons. The molecule has 4 rings (SSSR count). The minimum atomic E-state index is -0.492. The molecule has 0 N–H and O–H groups in total. The predicted molar refractivity (Wildman–Crippen MR) is 95.0 cm³/mol. The highest BCUT2D eigenvalue weighted by Gasteiger charge is 2.32. The van der Waals surface area contributed by atoms with E-state index < -0.39 is 6.10 Å². The first-order valence-corrected chi connectivity index (χ1v) is 8.05. The quantitative estimate of drug-likeness (QED) is 0.602. The Labute approximate surface area is 145 Å². The molecule has 3 aromatic rings. The molecule has 0 unspecified atom stereocenters. The maximum atomic E-state index is 13.2. The van der Waals surface area contributed by atoms with E-state index in [9.17, 15) is 9.18 Å². The number of ether oxygens (including phenoxy) is 1. The lowest BCUT2D eigenvalue weighted by atomic mass is 9.89. The summed E-state index contributed by atoms with van der Waals surface area (Å²) in [6.45, 7) is 0. The van der Waals surface area contributed by atoms with Gasteiger partial charge in [-0.1, -0.05) is 54.6 Å². The molecule has 1 aliphatic rings. The van der Waals surface area contributed by atoms with Crippen LogP contribution in [0.3, 0.4) is 0 Å². The van der Waals surface area contributed by atoms with Crippen LogP contribution in [0.25, 0.3) is 6.08 Å². The lowest BCUT2D eigenvalue weighted by molar-refractivity contribution is 0.0963.